The predicted molar refractivity (Wildman–Crippen MR) is 80.6 cm³/mol. The van der Waals surface area contributed by atoms with Crippen LogP contribution in [0.5, 0.6) is 0 Å². The van der Waals surface area contributed by atoms with Crippen molar-refractivity contribution in [1.82, 2.24) is 10.0 Å². The lowest BCUT2D eigenvalue weighted by atomic mass is 10.1. The van der Waals surface area contributed by atoms with Crippen molar-refractivity contribution < 1.29 is 22.7 Å². The lowest BCUT2D eigenvalue weighted by molar-refractivity contribution is -0.142. The molecule has 0 saturated carbocycles. The summed E-state index contributed by atoms with van der Waals surface area (Å²) in [5.41, 5.74) is 0.920. The first-order valence-electron chi connectivity index (χ1n) is 6.67. The zero-order valence-corrected chi connectivity index (χ0v) is 13.6. The van der Waals surface area contributed by atoms with E-state index >= 15 is 0 Å². The highest BCUT2D eigenvalue weighted by Gasteiger charge is 2.26. The molecular formula is C14H20N2O5S. The van der Waals surface area contributed by atoms with Crippen molar-refractivity contribution in [1.29, 1.82) is 0 Å². The van der Waals surface area contributed by atoms with Gasteiger partial charge in [-0.25, -0.2) is 8.42 Å². The Hall–Kier alpha value is -1.93. The van der Waals surface area contributed by atoms with E-state index in [0.717, 1.165) is 12.7 Å². The van der Waals surface area contributed by atoms with Crippen LogP contribution in [-0.4, -0.2) is 40.5 Å². The molecule has 0 aromatic heterocycles. The van der Waals surface area contributed by atoms with E-state index in [1.54, 1.807) is 12.1 Å². The third-order valence-corrected chi connectivity index (χ3v) is 4.54. The van der Waals surface area contributed by atoms with Gasteiger partial charge in [0, 0.05) is 13.5 Å². The van der Waals surface area contributed by atoms with Crippen LogP contribution >= 0.6 is 0 Å². The number of carbonyl (C=O) groups is 2. The van der Waals surface area contributed by atoms with Crippen molar-refractivity contribution >= 4 is 21.9 Å². The summed E-state index contributed by atoms with van der Waals surface area (Å²) < 4.78 is 31.4. The van der Waals surface area contributed by atoms with Crippen LogP contribution in [0.15, 0.2) is 29.2 Å². The minimum absolute atomic E-state index is 0.00663. The molecule has 0 aliphatic rings. The van der Waals surface area contributed by atoms with Crippen LogP contribution in [-0.2, 0) is 24.3 Å². The number of amides is 1. The topological polar surface area (TPSA) is 102 Å². The number of benzene rings is 1. The summed E-state index contributed by atoms with van der Waals surface area (Å²) in [6.45, 7) is 1.84. The number of hydrogen-bond donors (Lipinski definition) is 2. The summed E-state index contributed by atoms with van der Waals surface area (Å²) in [5, 5.41) is 2.41. The predicted octanol–water partition coefficient (Wildman–Crippen LogP) is 0.341. The summed E-state index contributed by atoms with van der Waals surface area (Å²) in [6.07, 6.45) is 0.0180. The smallest absolute Gasteiger partial charge is 0.323 e. The van der Waals surface area contributed by atoms with Crippen LogP contribution < -0.4 is 10.0 Å². The van der Waals surface area contributed by atoms with Gasteiger partial charge < -0.3 is 10.1 Å². The number of aryl methyl sites for hydroxylation is 1. The van der Waals surface area contributed by atoms with E-state index in [-0.39, 0.29) is 23.6 Å². The number of nitrogens with one attached hydrogen (secondary N) is 2. The zero-order chi connectivity index (χ0) is 16.8. The fourth-order valence-electron chi connectivity index (χ4n) is 1.74. The van der Waals surface area contributed by atoms with Crippen LogP contribution in [0.1, 0.15) is 18.4 Å². The second kappa shape index (κ2) is 7.90. The summed E-state index contributed by atoms with van der Waals surface area (Å²) >= 11 is 0. The second-order valence-electron chi connectivity index (χ2n) is 4.72. The molecule has 0 spiro atoms. The average Bonchev–Trinajstić information content (AvgIpc) is 2.50. The Labute approximate surface area is 130 Å². The average molecular weight is 328 g/mol. The highest BCUT2D eigenvalue weighted by atomic mass is 32.2. The molecule has 2 N–H and O–H groups in total. The molecule has 1 aromatic rings. The minimum Gasteiger partial charge on any atom is -0.468 e. The number of carbonyl (C=O) groups excluding carboxylic acids is 2. The van der Waals surface area contributed by atoms with Gasteiger partial charge in [-0.1, -0.05) is 17.7 Å². The first-order valence-corrected chi connectivity index (χ1v) is 8.16. The molecule has 0 unspecified atom stereocenters. The van der Waals surface area contributed by atoms with E-state index < -0.39 is 22.0 Å². The van der Waals surface area contributed by atoms with Crippen LogP contribution in [0.4, 0.5) is 0 Å². The molecule has 0 saturated heterocycles. The van der Waals surface area contributed by atoms with E-state index in [4.69, 9.17) is 0 Å². The summed E-state index contributed by atoms with van der Waals surface area (Å²) in [6, 6.07) is 5.10. The third kappa shape index (κ3) is 5.12. The number of hydrogen-bond acceptors (Lipinski definition) is 5. The molecule has 122 valence electrons. The molecule has 1 amide bonds. The Morgan fingerprint density at radius 2 is 1.82 bits per heavy atom. The first-order chi connectivity index (χ1) is 10.3. The Morgan fingerprint density at radius 1 is 1.23 bits per heavy atom. The molecule has 0 bridgehead atoms. The van der Waals surface area contributed by atoms with Gasteiger partial charge in [0.2, 0.25) is 15.9 Å². The van der Waals surface area contributed by atoms with Crippen LogP contribution in [0.25, 0.3) is 0 Å². The number of methoxy groups -OCH3 is 1. The molecule has 1 rings (SSSR count). The van der Waals surface area contributed by atoms with Crippen molar-refractivity contribution in [2.24, 2.45) is 0 Å². The van der Waals surface area contributed by atoms with Crippen LogP contribution in [0.3, 0.4) is 0 Å². The standard InChI is InChI=1S/C14H20N2O5S/c1-10-4-6-11(7-5-10)22(19,20)16-12(14(18)21-3)8-9-13(17)15-2/h4-7,12,16H,8-9H2,1-3H3,(H,15,17)/t12-/m1/s1. The van der Waals surface area contributed by atoms with Crippen molar-refractivity contribution in [2.45, 2.75) is 30.7 Å². The van der Waals surface area contributed by atoms with Gasteiger partial charge in [0.15, 0.2) is 0 Å². The molecule has 7 nitrogen and oxygen atoms in total. The zero-order valence-electron chi connectivity index (χ0n) is 12.8. The van der Waals surface area contributed by atoms with E-state index in [9.17, 15) is 18.0 Å². The van der Waals surface area contributed by atoms with Gasteiger partial charge in [-0.3, -0.25) is 9.59 Å². The van der Waals surface area contributed by atoms with E-state index in [0.29, 0.717) is 0 Å². The van der Waals surface area contributed by atoms with Gasteiger partial charge >= 0.3 is 5.97 Å². The Morgan fingerprint density at radius 3 is 2.32 bits per heavy atom. The number of esters is 1. The third-order valence-electron chi connectivity index (χ3n) is 3.05. The van der Waals surface area contributed by atoms with Crippen molar-refractivity contribution in [2.75, 3.05) is 14.2 Å². The molecular weight excluding hydrogens is 308 g/mol. The second-order valence-corrected chi connectivity index (χ2v) is 6.44. The fraction of sp³-hybridized carbons (Fsp3) is 0.429. The van der Waals surface area contributed by atoms with Crippen LogP contribution in [0.2, 0.25) is 0 Å². The molecule has 0 fully saturated rings. The Kier molecular flexibility index (Phi) is 6.51. The largest absolute Gasteiger partial charge is 0.468 e. The summed E-state index contributed by atoms with van der Waals surface area (Å²) in [5.74, 6) is -1.02. The molecule has 0 heterocycles. The maximum atomic E-state index is 12.3. The van der Waals surface area contributed by atoms with E-state index in [1.807, 2.05) is 6.92 Å². The monoisotopic (exact) mass is 328 g/mol. The maximum Gasteiger partial charge on any atom is 0.323 e. The lowest BCUT2D eigenvalue weighted by Crippen LogP contribution is -2.42. The summed E-state index contributed by atoms with van der Waals surface area (Å²) in [4.78, 5) is 23.0. The van der Waals surface area contributed by atoms with Crippen molar-refractivity contribution in [3.63, 3.8) is 0 Å². The quantitative estimate of drug-likeness (QED) is 0.703. The minimum atomic E-state index is -3.87. The number of sulfonamides is 1. The van der Waals surface area contributed by atoms with E-state index in [1.165, 1.54) is 19.2 Å². The molecule has 0 radical (unpaired) electrons. The normalized spacial score (nSPS) is 12.5. The van der Waals surface area contributed by atoms with E-state index in [2.05, 4.69) is 14.8 Å². The molecule has 1 atom stereocenters. The maximum absolute atomic E-state index is 12.3. The molecule has 0 aliphatic heterocycles. The molecule has 8 heteroatoms. The number of ether oxygens (including phenoxy) is 1. The summed E-state index contributed by atoms with van der Waals surface area (Å²) in [7, 11) is -1.24. The molecule has 1 aromatic carbocycles. The molecule has 0 aliphatic carbocycles. The van der Waals surface area contributed by atoms with Gasteiger partial charge in [0.05, 0.1) is 12.0 Å². The van der Waals surface area contributed by atoms with Gasteiger partial charge in [0.25, 0.3) is 0 Å². The highest BCUT2D eigenvalue weighted by Crippen LogP contribution is 2.12. The van der Waals surface area contributed by atoms with Gasteiger partial charge in [0.1, 0.15) is 6.04 Å². The fourth-order valence-corrected chi connectivity index (χ4v) is 2.96. The van der Waals surface area contributed by atoms with Crippen LogP contribution in [0, 0.1) is 6.92 Å². The van der Waals surface area contributed by atoms with Crippen molar-refractivity contribution in [3.05, 3.63) is 29.8 Å². The van der Waals surface area contributed by atoms with Gasteiger partial charge in [-0.05, 0) is 25.5 Å². The number of rotatable bonds is 7. The first kappa shape index (κ1) is 18.1. The van der Waals surface area contributed by atoms with Crippen molar-refractivity contribution in [3.8, 4) is 0 Å². The SMILES string of the molecule is CNC(=O)CC[C@@H](NS(=O)(=O)c1ccc(C)cc1)C(=O)OC. The van der Waals surface area contributed by atoms with Gasteiger partial charge in [-0.2, -0.15) is 4.72 Å². The molecule has 22 heavy (non-hydrogen) atoms. The Bertz CT molecular complexity index is 625. The highest BCUT2D eigenvalue weighted by molar-refractivity contribution is 7.89. The lowest BCUT2D eigenvalue weighted by Gasteiger charge is -2.16. The Balaban J connectivity index is 2.89. The van der Waals surface area contributed by atoms with Gasteiger partial charge in [-0.15, -0.1) is 0 Å².